The number of hydrogen-bond acceptors (Lipinski definition) is 2. The maximum Gasteiger partial charge on any atom is 0.220 e. The Balaban J connectivity index is 1.71. The zero-order valence-corrected chi connectivity index (χ0v) is 12.9. The van der Waals surface area contributed by atoms with Crippen molar-refractivity contribution in [2.75, 3.05) is 13.1 Å². The van der Waals surface area contributed by atoms with E-state index in [9.17, 15) is 4.79 Å². The molecule has 1 aromatic carbocycles. The maximum atomic E-state index is 11.2. The summed E-state index contributed by atoms with van der Waals surface area (Å²) in [6, 6.07) is 4.48. The summed E-state index contributed by atoms with van der Waals surface area (Å²) >= 11 is 9.86. The van der Waals surface area contributed by atoms with Gasteiger partial charge in [0.05, 0.1) is 5.02 Å². The van der Waals surface area contributed by atoms with Crippen molar-refractivity contribution in [2.45, 2.75) is 31.8 Å². The molecule has 0 spiro atoms. The molecule has 5 heteroatoms. The van der Waals surface area contributed by atoms with E-state index in [1.54, 1.807) is 0 Å². The van der Waals surface area contributed by atoms with E-state index in [2.05, 4.69) is 32.2 Å². The van der Waals surface area contributed by atoms with E-state index in [1.807, 2.05) is 6.07 Å². The molecule has 1 N–H and O–H groups in total. The maximum absolute atomic E-state index is 11.2. The van der Waals surface area contributed by atoms with Crippen molar-refractivity contribution in [2.24, 2.45) is 0 Å². The first-order chi connectivity index (χ1) is 9.13. The van der Waals surface area contributed by atoms with Crippen molar-refractivity contribution in [1.29, 1.82) is 0 Å². The first kappa shape index (κ1) is 13.4. The van der Waals surface area contributed by atoms with Crippen LogP contribution < -0.4 is 5.32 Å². The minimum Gasteiger partial charge on any atom is -0.352 e. The van der Waals surface area contributed by atoms with Crippen LogP contribution in [-0.2, 0) is 17.8 Å². The molecule has 102 valence electrons. The van der Waals surface area contributed by atoms with E-state index >= 15 is 0 Å². The number of rotatable bonds is 2. The molecule has 2 heterocycles. The zero-order chi connectivity index (χ0) is 13.4. The summed E-state index contributed by atoms with van der Waals surface area (Å²) in [5.74, 6) is 0.184. The molecule has 1 unspecified atom stereocenters. The number of halogens is 2. The van der Waals surface area contributed by atoms with Gasteiger partial charge >= 0.3 is 0 Å². The number of fused-ring (bicyclic) bond motifs is 1. The number of carbonyl (C=O) groups excluding carboxylic acids is 1. The molecule has 0 aromatic heterocycles. The molecule has 1 atom stereocenters. The van der Waals surface area contributed by atoms with Gasteiger partial charge in [0, 0.05) is 36.6 Å². The highest BCUT2D eigenvalue weighted by molar-refractivity contribution is 9.10. The van der Waals surface area contributed by atoms with E-state index < -0.39 is 0 Å². The molecule has 2 aliphatic heterocycles. The van der Waals surface area contributed by atoms with Crippen molar-refractivity contribution in [3.63, 3.8) is 0 Å². The molecular formula is C14H16BrClN2O. The molecule has 2 aliphatic rings. The van der Waals surface area contributed by atoms with Crippen LogP contribution in [0.15, 0.2) is 16.6 Å². The Kier molecular flexibility index (Phi) is 3.83. The van der Waals surface area contributed by atoms with E-state index in [1.165, 1.54) is 11.1 Å². The molecule has 3 nitrogen and oxygen atoms in total. The normalized spacial score (nSPS) is 23.3. The van der Waals surface area contributed by atoms with E-state index in [-0.39, 0.29) is 5.91 Å². The standard InChI is InChI=1S/C14H16BrClN2O/c15-12-3-1-9-5-6-18(8-11(9)14(12)16)7-10-2-4-13(19)17-10/h1,3,10H,2,4-8H2,(H,17,19). The van der Waals surface area contributed by atoms with Crippen molar-refractivity contribution in [3.05, 3.63) is 32.8 Å². The molecule has 3 rings (SSSR count). The summed E-state index contributed by atoms with van der Waals surface area (Å²) < 4.78 is 0.962. The molecule has 1 aromatic rings. The van der Waals surface area contributed by atoms with Gasteiger partial charge in [-0.3, -0.25) is 9.69 Å². The summed E-state index contributed by atoms with van der Waals surface area (Å²) in [6.45, 7) is 2.84. The van der Waals surface area contributed by atoms with E-state index in [0.717, 1.165) is 42.0 Å². The number of hydrogen-bond donors (Lipinski definition) is 1. The lowest BCUT2D eigenvalue weighted by atomic mass is 9.99. The predicted octanol–water partition coefficient (Wildman–Crippen LogP) is 2.74. The van der Waals surface area contributed by atoms with Gasteiger partial charge in [0.1, 0.15) is 0 Å². The Bertz CT molecular complexity index is 520. The Labute approximate surface area is 126 Å². The SMILES string of the molecule is O=C1CCC(CN2CCc3ccc(Br)c(Cl)c3C2)N1. The van der Waals surface area contributed by atoms with Gasteiger partial charge in [-0.15, -0.1) is 0 Å². The molecule has 0 bridgehead atoms. The van der Waals surface area contributed by atoms with Gasteiger partial charge in [-0.2, -0.15) is 0 Å². The summed E-state index contributed by atoms with van der Waals surface area (Å²) in [7, 11) is 0. The van der Waals surface area contributed by atoms with Gasteiger partial charge < -0.3 is 5.32 Å². The monoisotopic (exact) mass is 342 g/mol. The van der Waals surface area contributed by atoms with Crippen molar-refractivity contribution in [1.82, 2.24) is 10.2 Å². The fraction of sp³-hybridized carbons (Fsp3) is 0.500. The van der Waals surface area contributed by atoms with Crippen LogP contribution in [0.5, 0.6) is 0 Å². The highest BCUT2D eigenvalue weighted by Gasteiger charge is 2.26. The van der Waals surface area contributed by atoms with Crippen LogP contribution in [0.4, 0.5) is 0 Å². The minimum atomic E-state index is 0.184. The summed E-state index contributed by atoms with van der Waals surface area (Å²) in [5.41, 5.74) is 2.58. The predicted molar refractivity (Wildman–Crippen MR) is 79.3 cm³/mol. The lowest BCUT2D eigenvalue weighted by Crippen LogP contribution is -2.41. The van der Waals surface area contributed by atoms with Crippen LogP contribution in [0.2, 0.25) is 5.02 Å². The third-order valence-corrected chi connectivity index (χ3v) is 5.26. The molecule has 0 saturated carbocycles. The second-order valence-corrected chi connectivity index (χ2v) is 6.52. The topological polar surface area (TPSA) is 32.3 Å². The van der Waals surface area contributed by atoms with Crippen LogP contribution in [0.25, 0.3) is 0 Å². The van der Waals surface area contributed by atoms with Gasteiger partial charge in [-0.25, -0.2) is 0 Å². The van der Waals surface area contributed by atoms with Gasteiger partial charge in [-0.1, -0.05) is 17.7 Å². The third-order valence-electron chi connectivity index (χ3n) is 3.94. The van der Waals surface area contributed by atoms with Crippen molar-refractivity contribution < 1.29 is 4.79 Å². The second kappa shape index (κ2) is 5.43. The number of benzene rings is 1. The lowest BCUT2D eigenvalue weighted by molar-refractivity contribution is -0.119. The van der Waals surface area contributed by atoms with E-state index in [4.69, 9.17) is 11.6 Å². The molecule has 0 aliphatic carbocycles. The number of carbonyl (C=O) groups is 1. The highest BCUT2D eigenvalue weighted by Crippen LogP contribution is 2.32. The fourth-order valence-electron chi connectivity index (χ4n) is 2.90. The van der Waals surface area contributed by atoms with Gasteiger partial charge in [-0.05, 0) is 46.0 Å². The average molecular weight is 344 g/mol. The average Bonchev–Trinajstić information content (AvgIpc) is 2.80. The van der Waals surface area contributed by atoms with Crippen molar-refractivity contribution in [3.8, 4) is 0 Å². The Morgan fingerprint density at radius 1 is 1.42 bits per heavy atom. The van der Waals surface area contributed by atoms with Crippen LogP contribution in [-0.4, -0.2) is 29.9 Å². The number of amides is 1. The van der Waals surface area contributed by atoms with Gasteiger partial charge in [0.25, 0.3) is 0 Å². The number of nitrogens with one attached hydrogen (secondary N) is 1. The van der Waals surface area contributed by atoms with Gasteiger partial charge in [0.2, 0.25) is 5.91 Å². The quantitative estimate of drug-likeness (QED) is 0.895. The summed E-state index contributed by atoms with van der Waals surface area (Å²) in [6.07, 6.45) is 2.65. The molecule has 19 heavy (non-hydrogen) atoms. The van der Waals surface area contributed by atoms with E-state index in [0.29, 0.717) is 12.5 Å². The lowest BCUT2D eigenvalue weighted by Gasteiger charge is -2.31. The Morgan fingerprint density at radius 3 is 3.00 bits per heavy atom. The Morgan fingerprint density at radius 2 is 2.26 bits per heavy atom. The van der Waals surface area contributed by atoms with Crippen LogP contribution >= 0.6 is 27.5 Å². The molecule has 0 radical (unpaired) electrons. The van der Waals surface area contributed by atoms with Crippen molar-refractivity contribution >= 4 is 33.4 Å². The Hall–Kier alpha value is -0.580. The first-order valence-corrected chi connectivity index (χ1v) is 7.78. The highest BCUT2D eigenvalue weighted by atomic mass is 79.9. The second-order valence-electron chi connectivity index (χ2n) is 5.29. The fourth-order valence-corrected chi connectivity index (χ4v) is 3.52. The first-order valence-electron chi connectivity index (χ1n) is 6.61. The van der Waals surface area contributed by atoms with Crippen LogP contribution in [0, 0.1) is 0 Å². The van der Waals surface area contributed by atoms with Gasteiger partial charge in [0.15, 0.2) is 0 Å². The molecule has 1 fully saturated rings. The smallest absolute Gasteiger partial charge is 0.220 e. The minimum absolute atomic E-state index is 0.184. The number of nitrogens with zero attached hydrogens (tertiary/aromatic N) is 1. The molecular weight excluding hydrogens is 328 g/mol. The zero-order valence-electron chi connectivity index (χ0n) is 10.6. The van der Waals surface area contributed by atoms with Crippen LogP contribution in [0.3, 0.4) is 0 Å². The summed E-state index contributed by atoms with van der Waals surface area (Å²) in [5, 5.41) is 3.86. The van der Waals surface area contributed by atoms with Crippen LogP contribution in [0.1, 0.15) is 24.0 Å². The summed E-state index contributed by atoms with van der Waals surface area (Å²) in [4.78, 5) is 13.6. The molecule has 1 saturated heterocycles. The third kappa shape index (κ3) is 2.81. The largest absolute Gasteiger partial charge is 0.352 e. The molecule has 1 amide bonds.